The molecule has 9 aromatic rings. The predicted octanol–water partition coefficient (Wildman–Crippen LogP) is 12.8. The third-order valence-electron chi connectivity index (χ3n) is 10.8. The highest BCUT2D eigenvalue weighted by molar-refractivity contribution is 6.13. The minimum Gasteiger partial charge on any atom is -0.484 e. The number of allylic oxidation sites excluding steroid dienone is 1. The fraction of sp³-hybridized carbons (Fsp3) is 0.0408. The molecule has 7 aromatic carbocycles. The summed E-state index contributed by atoms with van der Waals surface area (Å²) >= 11 is 0. The van der Waals surface area contributed by atoms with Crippen LogP contribution < -0.4 is 9.64 Å². The molecule has 3 heterocycles. The minimum absolute atomic E-state index is 0.113. The molecule has 250 valence electrons. The summed E-state index contributed by atoms with van der Waals surface area (Å²) in [6.07, 6.45) is 8.56. The van der Waals surface area contributed by atoms with Crippen molar-refractivity contribution in [2.45, 2.75) is 12.0 Å². The van der Waals surface area contributed by atoms with Crippen molar-refractivity contribution >= 4 is 54.8 Å². The van der Waals surface area contributed by atoms with Gasteiger partial charge in [0.15, 0.2) is 5.58 Å². The Morgan fingerprint density at radius 1 is 0.547 bits per heavy atom. The van der Waals surface area contributed by atoms with Gasteiger partial charge in [-0.05, 0) is 105 Å². The third kappa shape index (κ3) is 4.87. The van der Waals surface area contributed by atoms with Crippen molar-refractivity contribution in [3.8, 4) is 28.2 Å². The van der Waals surface area contributed by atoms with Crippen LogP contribution in [0, 0.1) is 0 Å². The van der Waals surface area contributed by atoms with E-state index in [1.165, 1.54) is 43.6 Å². The fourth-order valence-electron chi connectivity index (χ4n) is 8.30. The number of hydrogen-bond donors (Lipinski definition) is 0. The number of fused-ring (bicyclic) bond motifs is 10. The molecule has 0 amide bonds. The van der Waals surface area contributed by atoms with Crippen molar-refractivity contribution in [3.63, 3.8) is 0 Å². The molecule has 4 nitrogen and oxygen atoms in total. The van der Waals surface area contributed by atoms with Crippen LogP contribution in [-0.4, -0.2) is 11.1 Å². The van der Waals surface area contributed by atoms with Gasteiger partial charge in [-0.1, -0.05) is 103 Å². The van der Waals surface area contributed by atoms with Crippen molar-refractivity contribution in [1.82, 2.24) is 4.98 Å². The van der Waals surface area contributed by atoms with Crippen LogP contribution in [-0.2, 0) is 0 Å². The molecule has 0 N–H and O–H groups in total. The normalized spacial score (nSPS) is 16.1. The smallest absolute Gasteiger partial charge is 0.153 e. The number of benzene rings is 7. The van der Waals surface area contributed by atoms with Crippen molar-refractivity contribution in [1.29, 1.82) is 0 Å². The van der Waals surface area contributed by atoms with Gasteiger partial charge in [0.2, 0.25) is 0 Å². The van der Waals surface area contributed by atoms with Gasteiger partial charge in [0.25, 0.3) is 0 Å². The van der Waals surface area contributed by atoms with E-state index in [0.29, 0.717) is 0 Å². The Kier molecular flexibility index (Phi) is 6.65. The lowest BCUT2D eigenvalue weighted by molar-refractivity contribution is 0.270. The summed E-state index contributed by atoms with van der Waals surface area (Å²) < 4.78 is 13.1. The van der Waals surface area contributed by atoms with Gasteiger partial charge >= 0.3 is 0 Å². The number of rotatable bonds is 5. The highest BCUT2D eigenvalue weighted by Gasteiger charge is 2.37. The van der Waals surface area contributed by atoms with Gasteiger partial charge in [-0.3, -0.25) is 4.98 Å². The van der Waals surface area contributed by atoms with Gasteiger partial charge in [0.1, 0.15) is 23.1 Å². The molecule has 2 atom stereocenters. The fourth-order valence-corrected chi connectivity index (χ4v) is 8.30. The van der Waals surface area contributed by atoms with Crippen LogP contribution in [0.15, 0.2) is 192 Å². The molecule has 0 fully saturated rings. The zero-order chi connectivity index (χ0) is 34.9. The van der Waals surface area contributed by atoms with Crippen LogP contribution in [0.4, 0.5) is 11.4 Å². The molecule has 0 radical (unpaired) electrons. The minimum atomic E-state index is -0.141. The van der Waals surface area contributed by atoms with Crippen LogP contribution in [0.25, 0.3) is 65.9 Å². The molecule has 2 unspecified atom stereocenters. The molecular formula is C49H32N2O2. The molecule has 1 aliphatic heterocycles. The lowest BCUT2D eigenvalue weighted by Gasteiger charge is -2.30. The Bertz CT molecular complexity index is 2910. The number of nitrogens with zero attached hydrogens (tertiary/aromatic N) is 2. The van der Waals surface area contributed by atoms with Crippen LogP contribution in [0.3, 0.4) is 0 Å². The topological polar surface area (TPSA) is 38.5 Å². The molecule has 53 heavy (non-hydrogen) atoms. The lowest BCUT2D eigenvalue weighted by Crippen LogP contribution is -2.24. The second kappa shape index (κ2) is 11.8. The second-order valence-corrected chi connectivity index (χ2v) is 13.9. The summed E-state index contributed by atoms with van der Waals surface area (Å²) in [7, 11) is 0. The van der Waals surface area contributed by atoms with Crippen LogP contribution in [0.1, 0.15) is 11.5 Å². The summed E-state index contributed by atoms with van der Waals surface area (Å²) in [5, 5.41) is 7.29. The summed E-state index contributed by atoms with van der Waals surface area (Å²) in [6.45, 7) is 0. The zero-order valence-corrected chi connectivity index (χ0v) is 28.7. The second-order valence-electron chi connectivity index (χ2n) is 13.9. The first-order valence-electron chi connectivity index (χ1n) is 18.1. The zero-order valence-electron chi connectivity index (χ0n) is 28.7. The van der Waals surface area contributed by atoms with E-state index < -0.39 is 0 Å². The van der Waals surface area contributed by atoms with E-state index in [4.69, 9.17) is 9.15 Å². The monoisotopic (exact) mass is 680 g/mol. The van der Waals surface area contributed by atoms with Crippen LogP contribution >= 0.6 is 0 Å². The van der Waals surface area contributed by atoms with E-state index in [9.17, 15) is 0 Å². The van der Waals surface area contributed by atoms with Crippen molar-refractivity contribution in [2.24, 2.45) is 0 Å². The van der Waals surface area contributed by atoms with Gasteiger partial charge in [0, 0.05) is 51.8 Å². The molecule has 0 saturated carbocycles. The quantitative estimate of drug-likeness (QED) is 0.170. The van der Waals surface area contributed by atoms with E-state index in [1.54, 1.807) is 6.20 Å². The Labute approximate surface area is 306 Å². The van der Waals surface area contributed by atoms with Crippen molar-refractivity contribution < 1.29 is 9.15 Å². The molecular weight excluding hydrogens is 649 g/mol. The highest BCUT2D eigenvalue weighted by Crippen LogP contribution is 2.51. The molecule has 2 aliphatic rings. The number of furan rings is 1. The average molecular weight is 681 g/mol. The number of aromatic nitrogens is 1. The first-order chi connectivity index (χ1) is 26.2. The predicted molar refractivity (Wildman–Crippen MR) is 217 cm³/mol. The van der Waals surface area contributed by atoms with Gasteiger partial charge in [0.05, 0.1) is 0 Å². The summed E-state index contributed by atoms with van der Waals surface area (Å²) in [6, 6.07) is 55.8. The van der Waals surface area contributed by atoms with E-state index in [-0.39, 0.29) is 12.0 Å². The first kappa shape index (κ1) is 29.8. The van der Waals surface area contributed by atoms with Gasteiger partial charge in [-0.25, -0.2) is 0 Å². The molecule has 2 aromatic heterocycles. The maximum absolute atomic E-state index is 6.94. The van der Waals surface area contributed by atoms with E-state index in [0.717, 1.165) is 50.6 Å². The maximum Gasteiger partial charge on any atom is 0.153 e. The summed E-state index contributed by atoms with van der Waals surface area (Å²) in [5.41, 5.74) is 9.51. The van der Waals surface area contributed by atoms with E-state index in [1.807, 2.05) is 18.2 Å². The Balaban J connectivity index is 1.02. The molecule has 4 heteroatoms. The van der Waals surface area contributed by atoms with Gasteiger partial charge < -0.3 is 14.1 Å². The first-order valence-corrected chi connectivity index (χ1v) is 18.1. The Morgan fingerprint density at radius 2 is 1.25 bits per heavy atom. The van der Waals surface area contributed by atoms with Gasteiger partial charge in [-0.15, -0.1) is 0 Å². The van der Waals surface area contributed by atoms with Gasteiger partial charge in [-0.2, -0.15) is 0 Å². The molecule has 1 aliphatic carbocycles. The molecule has 0 bridgehead atoms. The molecule has 0 spiro atoms. The maximum atomic E-state index is 6.94. The van der Waals surface area contributed by atoms with Crippen molar-refractivity contribution in [2.75, 3.05) is 4.90 Å². The number of anilines is 2. The highest BCUT2D eigenvalue weighted by atomic mass is 16.5. The number of ether oxygens (including phenoxy) is 1. The Morgan fingerprint density at radius 3 is 2.08 bits per heavy atom. The average Bonchev–Trinajstić information content (AvgIpc) is 3.84. The Hall–Kier alpha value is -6.91. The standard InChI is InChI=1S/C49H32N2O2/c1-2-9-31(10-3-1)33-16-17-35-28-37(23-20-34(35)27-33)51(36-21-18-32(19-22-36)46-30-44-45(52-46)15-8-26-50-44)38-24-25-43-47(29-38)53-49-42-14-7-5-12-40(42)39-11-4-6-13-41(39)48(43)49/h1-30,43,47H. The van der Waals surface area contributed by atoms with E-state index in [2.05, 4.69) is 168 Å². The lowest BCUT2D eigenvalue weighted by atomic mass is 9.85. The molecule has 0 saturated heterocycles. The van der Waals surface area contributed by atoms with Crippen LogP contribution in [0.5, 0.6) is 5.75 Å². The van der Waals surface area contributed by atoms with Crippen LogP contribution in [0.2, 0.25) is 0 Å². The third-order valence-corrected chi connectivity index (χ3v) is 10.8. The largest absolute Gasteiger partial charge is 0.484 e. The van der Waals surface area contributed by atoms with Crippen molar-refractivity contribution in [3.05, 3.63) is 193 Å². The van der Waals surface area contributed by atoms with E-state index >= 15 is 0 Å². The molecule has 11 rings (SSSR count). The number of pyridine rings is 1. The SMILES string of the molecule is C1=CC2c3c(c4ccccc4c4ccccc34)OC2C=C1N(c1ccc(-c2cc3ncccc3o2)cc1)c1ccc2cc(-c3ccccc3)ccc2c1. The summed E-state index contributed by atoms with van der Waals surface area (Å²) in [4.78, 5) is 6.80. The summed E-state index contributed by atoms with van der Waals surface area (Å²) in [5.74, 6) is 1.91. The number of hydrogen-bond acceptors (Lipinski definition) is 4.